The highest BCUT2D eigenvalue weighted by Crippen LogP contribution is 2.19. The van der Waals surface area contributed by atoms with E-state index in [1.807, 2.05) is 43.0 Å². The molecule has 0 unspecified atom stereocenters. The predicted octanol–water partition coefficient (Wildman–Crippen LogP) is 2.26. The molecule has 2 heterocycles. The second kappa shape index (κ2) is 7.05. The van der Waals surface area contributed by atoms with Gasteiger partial charge in [0.05, 0.1) is 19.3 Å². The topological polar surface area (TPSA) is 58.8 Å². The van der Waals surface area contributed by atoms with Gasteiger partial charge in [0.1, 0.15) is 5.75 Å². The van der Waals surface area contributed by atoms with Gasteiger partial charge in [-0.15, -0.1) is 0 Å². The van der Waals surface area contributed by atoms with E-state index < -0.39 is 0 Å². The van der Waals surface area contributed by atoms with Gasteiger partial charge in [0.15, 0.2) is 5.76 Å². The molecule has 0 spiro atoms. The fourth-order valence-electron chi connectivity index (χ4n) is 2.99. The third-order valence-electron chi connectivity index (χ3n) is 4.38. The zero-order valence-corrected chi connectivity index (χ0v) is 14.4. The summed E-state index contributed by atoms with van der Waals surface area (Å²) in [4.78, 5) is 16.9. The van der Waals surface area contributed by atoms with E-state index in [-0.39, 0.29) is 5.91 Å². The first-order valence-electron chi connectivity index (χ1n) is 8.15. The Balaban J connectivity index is 1.59. The van der Waals surface area contributed by atoms with Crippen molar-refractivity contribution in [1.29, 1.82) is 0 Å². The largest absolute Gasteiger partial charge is 0.497 e. The van der Waals surface area contributed by atoms with Gasteiger partial charge in [-0.25, -0.2) is 0 Å². The van der Waals surface area contributed by atoms with E-state index in [4.69, 9.17) is 9.26 Å². The number of aromatic nitrogens is 1. The van der Waals surface area contributed by atoms with Gasteiger partial charge in [-0.2, -0.15) is 0 Å². The minimum Gasteiger partial charge on any atom is -0.497 e. The van der Waals surface area contributed by atoms with E-state index in [1.54, 1.807) is 7.11 Å². The van der Waals surface area contributed by atoms with Crippen LogP contribution in [-0.4, -0.2) is 54.2 Å². The molecule has 0 bridgehead atoms. The molecular weight excluding hydrogens is 306 g/mol. The first-order valence-corrected chi connectivity index (χ1v) is 8.15. The molecule has 24 heavy (non-hydrogen) atoms. The zero-order chi connectivity index (χ0) is 17.1. The van der Waals surface area contributed by atoms with Gasteiger partial charge in [0.2, 0.25) is 0 Å². The minimum absolute atomic E-state index is 0.0883. The SMILES string of the molecule is COc1ccc(C(=O)N2CCN(Cc3cc(C)no3)CC2)c(C)c1. The van der Waals surface area contributed by atoms with Gasteiger partial charge in [-0.3, -0.25) is 9.69 Å². The van der Waals surface area contributed by atoms with Gasteiger partial charge in [-0.05, 0) is 37.6 Å². The Labute approximate surface area is 142 Å². The minimum atomic E-state index is 0.0883. The van der Waals surface area contributed by atoms with E-state index in [9.17, 15) is 4.79 Å². The third kappa shape index (κ3) is 3.59. The van der Waals surface area contributed by atoms with E-state index in [0.29, 0.717) is 0 Å². The summed E-state index contributed by atoms with van der Waals surface area (Å²) in [5.41, 5.74) is 2.59. The Hall–Kier alpha value is -2.34. The fourth-order valence-corrected chi connectivity index (χ4v) is 2.99. The molecule has 0 aliphatic carbocycles. The van der Waals surface area contributed by atoms with Crippen molar-refractivity contribution >= 4 is 5.91 Å². The molecular formula is C18H23N3O3. The molecule has 6 nitrogen and oxygen atoms in total. The number of benzene rings is 1. The standard InChI is InChI=1S/C18H23N3O3/c1-13-10-15(23-3)4-5-17(13)18(22)21-8-6-20(7-9-21)12-16-11-14(2)19-24-16/h4-5,10-11H,6-9,12H2,1-3H3. The average Bonchev–Trinajstić information content (AvgIpc) is 2.99. The Morgan fingerprint density at radius 1 is 1.21 bits per heavy atom. The molecule has 1 aliphatic rings. The highest BCUT2D eigenvalue weighted by Gasteiger charge is 2.23. The van der Waals surface area contributed by atoms with Crippen LogP contribution in [0.25, 0.3) is 0 Å². The number of amides is 1. The van der Waals surface area contributed by atoms with Gasteiger partial charge in [0.25, 0.3) is 5.91 Å². The van der Waals surface area contributed by atoms with Gasteiger partial charge < -0.3 is 14.2 Å². The summed E-state index contributed by atoms with van der Waals surface area (Å²) in [5, 5.41) is 3.91. The lowest BCUT2D eigenvalue weighted by molar-refractivity contribution is 0.0616. The Morgan fingerprint density at radius 2 is 1.96 bits per heavy atom. The smallest absolute Gasteiger partial charge is 0.254 e. The number of aryl methyl sites for hydroxylation is 2. The number of hydrogen-bond donors (Lipinski definition) is 0. The quantitative estimate of drug-likeness (QED) is 0.861. The van der Waals surface area contributed by atoms with Crippen LogP contribution in [0.2, 0.25) is 0 Å². The number of methoxy groups -OCH3 is 1. The van der Waals surface area contributed by atoms with Crippen molar-refractivity contribution in [2.24, 2.45) is 0 Å². The van der Waals surface area contributed by atoms with Crippen molar-refractivity contribution in [3.63, 3.8) is 0 Å². The van der Waals surface area contributed by atoms with Crippen LogP contribution in [-0.2, 0) is 6.54 Å². The second-order valence-corrected chi connectivity index (χ2v) is 6.18. The molecule has 0 atom stereocenters. The number of hydrogen-bond acceptors (Lipinski definition) is 5. The molecule has 1 aromatic carbocycles. The van der Waals surface area contributed by atoms with Crippen molar-refractivity contribution < 1.29 is 14.1 Å². The molecule has 1 aliphatic heterocycles. The number of carbonyl (C=O) groups is 1. The highest BCUT2D eigenvalue weighted by atomic mass is 16.5. The van der Waals surface area contributed by atoms with Crippen LogP contribution in [0.4, 0.5) is 0 Å². The summed E-state index contributed by atoms with van der Waals surface area (Å²) < 4.78 is 10.5. The molecule has 3 rings (SSSR count). The molecule has 1 saturated heterocycles. The average molecular weight is 329 g/mol. The fraction of sp³-hybridized carbons (Fsp3) is 0.444. The summed E-state index contributed by atoms with van der Waals surface area (Å²) in [6.07, 6.45) is 0. The maximum absolute atomic E-state index is 12.7. The lowest BCUT2D eigenvalue weighted by Gasteiger charge is -2.34. The molecule has 1 fully saturated rings. The Bertz CT molecular complexity index is 718. The highest BCUT2D eigenvalue weighted by molar-refractivity contribution is 5.95. The lowest BCUT2D eigenvalue weighted by Crippen LogP contribution is -2.48. The predicted molar refractivity (Wildman–Crippen MR) is 90.2 cm³/mol. The Kier molecular flexibility index (Phi) is 4.85. The number of ether oxygens (including phenoxy) is 1. The number of carbonyl (C=O) groups excluding carboxylic acids is 1. The van der Waals surface area contributed by atoms with E-state index in [0.717, 1.165) is 61.1 Å². The van der Waals surface area contributed by atoms with Crippen molar-refractivity contribution in [3.8, 4) is 5.75 Å². The molecule has 128 valence electrons. The van der Waals surface area contributed by atoms with Crippen LogP contribution < -0.4 is 4.74 Å². The number of nitrogens with zero attached hydrogens (tertiary/aromatic N) is 3. The van der Waals surface area contributed by atoms with Crippen LogP contribution in [0, 0.1) is 13.8 Å². The maximum atomic E-state index is 12.7. The summed E-state index contributed by atoms with van der Waals surface area (Å²) in [6, 6.07) is 7.54. The molecule has 2 aromatic rings. The van der Waals surface area contributed by atoms with Crippen LogP contribution in [0.1, 0.15) is 27.4 Å². The first kappa shape index (κ1) is 16.5. The van der Waals surface area contributed by atoms with Crippen LogP contribution in [0.5, 0.6) is 5.75 Å². The van der Waals surface area contributed by atoms with Crippen molar-refractivity contribution in [2.75, 3.05) is 33.3 Å². The molecule has 1 aromatic heterocycles. The molecule has 6 heteroatoms. The van der Waals surface area contributed by atoms with E-state index in [2.05, 4.69) is 10.1 Å². The number of rotatable bonds is 4. The van der Waals surface area contributed by atoms with Crippen LogP contribution in [0.3, 0.4) is 0 Å². The zero-order valence-electron chi connectivity index (χ0n) is 14.4. The maximum Gasteiger partial charge on any atom is 0.254 e. The van der Waals surface area contributed by atoms with Gasteiger partial charge in [0, 0.05) is 37.8 Å². The summed E-state index contributed by atoms with van der Waals surface area (Å²) in [6.45, 7) is 7.71. The van der Waals surface area contributed by atoms with Crippen LogP contribution in [0.15, 0.2) is 28.8 Å². The molecule has 0 N–H and O–H groups in total. The van der Waals surface area contributed by atoms with E-state index in [1.165, 1.54) is 0 Å². The monoisotopic (exact) mass is 329 g/mol. The van der Waals surface area contributed by atoms with Gasteiger partial charge >= 0.3 is 0 Å². The van der Waals surface area contributed by atoms with Crippen molar-refractivity contribution in [3.05, 3.63) is 46.8 Å². The second-order valence-electron chi connectivity index (χ2n) is 6.18. The summed E-state index contributed by atoms with van der Waals surface area (Å²) in [7, 11) is 1.63. The first-order chi connectivity index (χ1) is 11.6. The van der Waals surface area contributed by atoms with Crippen molar-refractivity contribution in [2.45, 2.75) is 20.4 Å². The summed E-state index contributed by atoms with van der Waals surface area (Å²) in [5.74, 6) is 1.74. The third-order valence-corrected chi connectivity index (χ3v) is 4.38. The normalized spacial score (nSPS) is 15.5. The van der Waals surface area contributed by atoms with E-state index >= 15 is 0 Å². The van der Waals surface area contributed by atoms with Crippen molar-refractivity contribution in [1.82, 2.24) is 15.0 Å². The molecule has 1 amide bonds. The van der Waals surface area contributed by atoms with Gasteiger partial charge in [-0.1, -0.05) is 5.16 Å². The molecule has 0 radical (unpaired) electrons. The Morgan fingerprint density at radius 3 is 2.54 bits per heavy atom. The number of piperazine rings is 1. The molecule has 0 saturated carbocycles. The lowest BCUT2D eigenvalue weighted by atomic mass is 10.1. The van der Waals surface area contributed by atoms with Crippen LogP contribution >= 0.6 is 0 Å². The summed E-state index contributed by atoms with van der Waals surface area (Å²) >= 11 is 0.